The van der Waals surface area contributed by atoms with Crippen molar-refractivity contribution < 1.29 is 4.73 Å². The predicted octanol–water partition coefficient (Wildman–Crippen LogP) is 5.07. The Morgan fingerprint density at radius 1 is 0.897 bits per heavy atom. The van der Waals surface area contributed by atoms with Crippen molar-refractivity contribution in [2.45, 2.75) is 39.7 Å². The number of tetrazole rings is 1. The molecule has 0 atom stereocenters. The van der Waals surface area contributed by atoms with Gasteiger partial charge in [0.2, 0.25) is 0 Å². The van der Waals surface area contributed by atoms with Crippen LogP contribution in [0.25, 0.3) is 39.1 Å². The minimum Gasteiger partial charge on any atom is -0.619 e. The molecule has 2 aromatic carbocycles. The van der Waals surface area contributed by atoms with E-state index < -0.39 is 0 Å². The Morgan fingerprint density at radius 2 is 1.67 bits per heavy atom. The SMILES string of the molecule is CCCCc1nc2cc(-c3cc[n+]([O-])cc3)c(C)nc2n1Cc1ccc(-c2ccccc2-n2cnnn2)cc1. The summed E-state index contributed by atoms with van der Waals surface area (Å²) in [5.41, 5.74) is 8.84. The molecule has 9 heteroatoms. The Bertz CT molecular complexity index is 1720. The third-order valence-corrected chi connectivity index (χ3v) is 6.96. The third kappa shape index (κ3) is 4.86. The fraction of sp³-hybridized carbons (Fsp3) is 0.200. The van der Waals surface area contributed by atoms with E-state index in [0.29, 0.717) is 6.54 Å². The zero-order valence-electron chi connectivity index (χ0n) is 21.9. The average molecular weight is 517 g/mol. The number of fused-ring (bicyclic) bond motifs is 1. The van der Waals surface area contributed by atoms with Crippen molar-refractivity contribution >= 4 is 11.2 Å². The largest absolute Gasteiger partial charge is 0.619 e. The lowest BCUT2D eigenvalue weighted by atomic mass is 10.0. The third-order valence-electron chi connectivity index (χ3n) is 6.96. The molecule has 0 unspecified atom stereocenters. The number of pyridine rings is 2. The molecule has 0 aliphatic rings. The first-order valence-corrected chi connectivity index (χ1v) is 13.1. The second kappa shape index (κ2) is 10.4. The zero-order valence-corrected chi connectivity index (χ0v) is 21.9. The first-order valence-electron chi connectivity index (χ1n) is 13.1. The van der Waals surface area contributed by atoms with E-state index in [4.69, 9.17) is 9.97 Å². The highest BCUT2D eigenvalue weighted by Crippen LogP contribution is 2.29. The number of rotatable bonds is 8. The number of unbranched alkanes of at least 4 members (excludes halogenated alkanes) is 1. The molecule has 0 aliphatic carbocycles. The van der Waals surface area contributed by atoms with Gasteiger partial charge in [0.05, 0.1) is 12.2 Å². The summed E-state index contributed by atoms with van der Waals surface area (Å²) < 4.78 is 4.71. The van der Waals surface area contributed by atoms with Crippen LogP contribution in [0.15, 0.2) is 85.5 Å². The minimum absolute atomic E-state index is 0.678. The first-order chi connectivity index (χ1) is 19.1. The molecule has 9 nitrogen and oxygen atoms in total. The molecule has 0 saturated heterocycles. The summed E-state index contributed by atoms with van der Waals surface area (Å²) in [6.45, 7) is 4.88. The van der Waals surface area contributed by atoms with Crippen LogP contribution in [0, 0.1) is 12.1 Å². The topological polar surface area (TPSA) is 101 Å². The smallest absolute Gasteiger partial charge is 0.180 e. The van der Waals surface area contributed by atoms with E-state index in [1.165, 1.54) is 18.0 Å². The highest BCUT2D eigenvalue weighted by molar-refractivity contribution is 5.80. The highest BCUT2D eigenvalue weighted by atomic mass is 16.5. The van der Waals surface area contributed by atoms with E-state index in [1.54, 1.807) is 11.0 Å². The second-order valence-corrected chi connectivity index (χ2v) is 9.60. The molecule has 6 rings (SSSR count). The quantitative estimate of drug-likeness (QED) is 0.207. The molecule has 4 aromatic heterocycles. The van der Waals surface area contributed by atoms with E-state index in [1.807, 2.05) is 37.3 Å². The fourth-order valence-corrected chi connectivity index (χ4v) is 4.92. The van der Waals surface area contributed by atoms with Gasteiger partial charge in [-0.2, -0.15) is 9.41 Å². The van der Waals surface area contributed by atoms with Crippen LogP contribution in [0.1, 0.15) is 36.8 Å². The van der Waals surface area contributed by atoms with Gasteiger partial charge in [0.1, 0.15) is 17.7 Å². The number of aromatic nitrogens is 8. The molecule has 0 N–H and O–H groups in total. The van der Waals surface area contributed by atoms with E-state index in [-0.39, 0.29) is 0 Å². The molecule has 194 valence electrons. The van der Waals surface area contributed by atoms with Gasteiger partial charge in [-0.25, -0.2) is 9.97 Å². The van der Waals surface area contributed by atoms with Crippen molar-refractivity contribution in [1.82, 2.24) is 34.7 Å². The van der Waals surface area contributed by atoms with Gasteiger partial charge in [-0.1, -0.05) is 55.8 Å². The summed E-state index contributed by atoms with van der Waals surface area (Å²) in [7, 11) is 0. The summed E-state index contributed by atoms with van der Waals surface area (Å²) in [4.78, 5) is 10.0. The summed E-state index contributed by atoms with van der Waals surface area (Å²) in [6, 6.07) is 22.4. The Hall–Kier alpha value is -4.92. The van der Waals surface area contributed by atoms with E-state index >= 15 is 0 Å². The van der Waals surface area contributed by atoms with E-state index in [2.05, 4.69) is 63.4 Å². The lowest BCUT2D eigenvalue weighted by Gasteiger charge is -2.12. The first kappa shape index (κ1) is 24.4. The van der Waals surface area contributed by atoms with Crippen LogP contribution in [-0.4, -0.2) is 34.7 Å². The number of hydrogen-bond donors (Lipinski definition) is 0. The maximum absolute atomic E-state index is 11.5. The van der Waals surface area contributed by atoms with E-state index in [9.17, 15) is 5.21 Å². The van der Waals surface area contributed by atoms with Crippen LogP contribution < -0.4 is 4.73 Å². The van der Waals surface area contributed by atoms with E-state index in [0.717, 1.165) is 74.6 Å². The van der Waals surface area contributed by atoms with Gasteiger partial charge in [-0.3, -0.25) is 0 Å². The Morgan fingerprint density at radius 3 is 2.41 bits per heavy atom. The fourth-order valence-electron chi connectivity index (χ4n) is 4.92. The Balaban J connectivity index is 1.35. The highest BCUT2D eigenvalue weighted by Gasteiger charge is 2.16. The van der Waals surface area contributed by atoms with Crippen molar-refractivity contribution in [3.63, 3.8) is 0 Å². The molecule has 0 amide bonds. The molecule has 0 radical (unpaired) electrons. The van der Waals surface area contributed by atoms with Gasteiger partial charge in [0.15, 0.2) is 18.0 Å². The van der Waals surface area contributed by atoms with Crippen LogP contribution in [0.4, 0.5) is 0 Å². The molecule has 0 spiro atoms. The molecular formula is C30H28N8O. The van der Waals surface area contributed by atoms with Crippen molar-refractivity contribution in [2.75, 3.05) is 0 Å². The number of imidazole rings is 1. The Labute approximate surface area is 226 Å². The second-order valence-electron chi connectivity index (χ2n) is 9.60. The summed E-state index contributed by atoms with van der Waals surface area (Å²) >= 11 is 0. The zero-order chi connectivity index (χ0) is 26.8. The summed E-state index contributed by atoms with van der Waals surface area (Å²) in [5.74, 6) is 1.04. The predicted molar refractivity (Wildman–Crippen MR) is 149 cm³/mol. The van der Waals surface area contributed by atoms with Crippen molar-refractivity contribution in [3.05, 3.63) is 108 Å². The number of benzene rings is 2. The van der Waals surface area contributed by atoms with Gasteiger partial charge in [0.25, 0.3) is 0 Å². The monoisotopic (exact) mass is 516 g/mol. The summed E-state index contributed by atoms with van der Waals surface area (Å²) in [6.07, 6.45) is 7.66. The van der Waals surface area contributed by atoms with Crippen LogP contribution in [-0.2, 0) is 13.0 Å². The lowest BCUT2D eigenvalue weighted by Crippen LogP contribution is -2.23. The Kier molecular flexibility index (Phi) is 6.54. The standard InChI is InChI=1S/C30H28N8O/c1-3-4-9-29-33-27-18-26(24-14-16-36(39)17-15-24)21(2)32-30(27)37(29)19-22-10-12-23(13-11-22)25-7-5-6-8-28(25)38-20-31-34-35-38/h5-8,10-18,20H,3-4,9,19H2,1-2H3. The van der Waals surface area contributed by atoms with Crippen LogP contribution in [0.5, 0.6) is 0 Å². The van der Waals surface area contributed by atoms with Crippen molar-refractivity contribution in [3.8, 4) is 27.9 Å². The molecule has 6 aromatic rings. The molecule has 4 heterocycles. The van der Waals surface area contributed by atoms with Gasteiger partial charge < -0.3 is 9.77 Å². The number of aryl methyl sites for hydroxylation is 2. The minimum atomic E-state index is 0.678. The molecule has 0 bridgehead atoms. The molecule has 0 aliphatic heterocycles. The number of nitrogens with zero attached hydrogens (tertiary/aromatic N) is 8. The lowest BCUT2D eigenvalue weighted by molar-refractivity contribution is -0.605. The van der Waals surface area contributed by atoms with Crippen LogP contribution >= 0.6 is 0 Å². The van der Waals surface area contributed by atoms with Gasteiger partial charge in [-0.05, 0) is 52.6 Å². The maximum atomic E-state index is 11.5. The van der Waals surface area contributed by atoms with Crippen molar-refractivity contribution in [1.29, 1.82) is 0 Å². The van der Waals surface area contributed by atoms with Crippen molar-refractivity contribution in [2.24, 2.45) is 0 Å². The average Bonchev–Trinajstić information content (AvgIpc) is 3.61. The van der Waals surface area contributed by atoms with Gasteiger partial charge in [0, 0.05) is 35.4 Å². The van der Waals surface area contributed by atoms with Gasteiger partial charge >= 0.3 is 0 Å². The maximum Gasteiger partial charge on any atom is 0.180 e. The van der Waals surface area contributed by atoms with Gasteiger partial charge in [-0.15, -0.1) is 5.10 Å². The summed E-state index contributed by atoms with van der Waals surface area (Å²) in [5, 5.41) is 23.1. The molecule has 0 fully saturated rings. The normalized spacial score (nSPS) is 11.3. The molecular weight excluding hydrogens is 488 g/mol. The number of hydrogen-bond acceptors (Lipinski definition) is 6. The molecule has 39 heavy (non-hydrogen) atoms. The number of para-hydroxylation sites is 1. The molecule has 0 saturated carbocycles. The van der Waals surface area contributed by atoms with Crippen LogP contribution in [0.2, 0.25) is 0 Å². The van der Waals surface area contributed by atoms with Crippen LogP contribution in [0.3, 0.4) is 0 Å².